The maximum absolute atomic E-state index is 4.93. The van der Waals surface area contributed by atoms with Crippen LogP contribution >= 0.6 is 0 Å². The molecule has 0 aliphatic carbocycles. The molecule has 0 amide bonds. The number of nitrogens with one attached hydrogen (secondary N) is 1. The summed E-state index contributed by atoms with van der Waals surface area (Å²) in [5.74, 6) is 0.679. The van der Waals surface area contributed by atoms with Crippen LogP contribution in [0.4, 0.5) is 0 Å². The van der Waals surface area contributed by atoms with Crippen molar-refractivity contribution in [2.75, 3.05) is 20.7 Å². The molecular formula is C11H19NO. The minimum absolute atomic E-state index is 0.679. The quantitative estimate of drug-likeness (QED) is 0.501. The number of ether oxygens (including phenoxy) is 1. The van der Waals surface area contributed by atoms with Crippen LogP contribution in [0.5, 0.6) is 0 Å². The number of rotatable bonds is 6. The van der Waals surface area contributed by atoms with Crippen LogP contribution in [0.2, 0.25) is 0 Å². The number of methoxy groups -OCH3 is 1. The van der Waals surface area contributed by atoms with Crippen LogP contribution < -0.4 is 5.32 Å². The summed E-state index contributed by atoms with van der Waals surface area (Å²) in [6.07, 6.45) is 7.11. The monoisotopic (exact) mass is 181 g/mol. The number of hydrogen-bond acceptors (Lipinski definition) is 2. The first-order valence-electron chi connectivity index (χ1n) is 4.49. The van der Waals surface area contributed by atoms with Crippen molar-refractivity contribution >= 4 is 0 Å². The molecule has 0 fully saturated rings. The fourth-order valence-electron chi connectivity index (χ4n) is 0.933. The third-order valence-electron chi connectivity index (χ3n) is 1.59. The topological polar surface area (TPSA) is 21.3 Å². The molecule has 0 aromatic rings. The molecule has 0 saturated carbocycles. The van der Waals surface area contributed by atoms with Crippen LogP contribution in [-0.4, -0.2) is 20.7 Å². The van der Waals surface area contributed by atoms with E-state index in [-0.39, 0.29) is 0 Å². The lowest BCUT2D eigenvalue weighted by Crippen LogP contribution is -2.09. The second-order valence-electron chi connectivity index (χ2n) is 2.72. The molecule has 2 heteroatoms. The van der Waals surface area contributed by atoms with Crippen LogP contribution in [0.25, 0.3) is 0 Å². The van der Waals surface area contributed by atoms with Gasteiger partial charge in [0.2, 0.25) is 0 Å². The number of likely N-dealkylation sites (N-methyl/N-ethyl adjacent to an activating group) is 1. The molecule has 0 aliphatic heterocycles. The number of hydrogen-bond donors (Lipinski definition) is 1. The highest BCUT2D eigenvalue weighted by Gasteiger charge is 1.89. The SMILES string of the molecule is C=C(/C=C\C(=C/CC)CNC)OC. The van der Waals surface area contributed by atoms with Gasteiger partial charge < -0.3 is 10.1 Å². The Balaban J connectivity index is 4.16. The Hall–Kier alpha value is -1.02. The minimum Gasteiger partial charge on any atom is -0.497 e. The third-order valence-corrected chi connectivity index (χ3v) is 1.59. The first-order valence-corrected chi connectivity index (χ1v) is 4.49. The summed E-state index contributed by atoms with van der Waals surface area (Å²) in [6, 6.07) is 0. The van der Waals surface area contributed by atoms with Crippen molar-refractivity contribution in [2.24, 2.45) is 0 Å². The van der Waals surface area contributed by atoms with E-state index in [4.69, 9.17) is 4.74 Å². The summed E-state index contributed by atoms with van der Waals surface area (Å²) in [6.45, 7) is 6.70. The van der Waals surface area contributed by atoms with Gasteiger partial charge in [-0.1, -0.05) is 25.7 Å². The van der Waals surface area contributed by atoms with E-state index in [1.807, 2.05) is 19.2 Å². The molecule has 0 aromatic heterocycles. The van der Waals surface area contributed by atoms with Crippen molar-refractivity contribution in [2.45, 2.75) is 13.3 Å². The van der Waals surface area contributed by atoms with Gasteiger partial charge >= 0.3 is 0 Å². The second-order valence-corrected chi connectivity index (χ2v) is 2.72. The Morgan fingerprint density at radius 1 is 1.46 bits per heavy atom. The largest absolute Gasteiger partial charge is 0.497 e. The summed E-state index contributed by atoms with van der Waals surface area (Å²) in [5, 5.41) is 3.10. The van der Waals surface area contributed by atoms with E-state index in [1.165, 1.54) is 5.57 Å². The van der Waals surface area contributed by atoms with Crippen LogP contribution in [-0.2, 0) is 4.74 Å². The maximum Gasteiger partial charge on any atom is 0.111 e. The molecule has 0 atom stereocenters. The first kappa shape index (κ1) is 12.0. The van der Waals surface area contributed by atoms with E-state index in [0.29, 0.717) is 5.76 Å². The first-order chi connectivity index (χ1) is 6.24. The standard InChI is InChI=1S/C11H19NO/c1-5-6-11(9-12-3)8-7-10(2)13-4/h6-8,12H,2,5,9H2,1,3-4H3/b8-7-,11-6+. The highest BCUT2D eigenvalue weighted by Crippen LogP contribution is 2.01. The summed E-state index contributed by atoms with van der Waals surface area (Å²) < 4.78 is 4.93. The van der Waals surface area contributed by atoms with E-state index in [9.17, 15) is 0 Å². The van der Waals surface area contributed by atoms with Gasteiger partial charge in [-0.05, 0) is 25.1 Å². The molecular weight excluding hydrogens is 162 g/mol. The predicted octanol–water partition coefficient (Wildman–Crippen LogP) is 2.26. The summed E-state index contributed by atoms with van der Waals surface area (Å²) in [7, 11) is 3.55. The van der Waals surface area contributed by atoms with Gasteiger partial charge in [0.05, 0.1) is 7.11 Å². The van der Waals surface area contributed by atoms with E-state index >= 15 is 0 Å². The van der Waals surface area contributed by atoms with Gasteiger partial charge in [0.25, 0.3) is 0 Å². The molecule has 0 radical (unpaired) electrons. The zero-order valence-corrected chi connectivity index (χ0v) is 8.76. The Morgan fingerprint density at radius 2 is 2.15 bits per heavy atom. The molecule has 1 N–H and O–H groups in total. The van der Waals surface area contributed by atoms with Crippen LogP contribution in [0.3, 0.4) is 0 Å². The summed E-state index contributed by atoms with van der Waals surface area (Å²) in [5.41, 5.74) is 1.25. The minimum atomic E-state index is 0.679. The van der Waals surface area contributed by atoms with Gasteiger partial charge in [-0.25, -0.2) is 0 Å². The molecule has 0 rings (SSSR count). The van der Waals surface area contributed by atoms with E-state index in [0.717, 1.165) is 13.0 Å². The van der Waals surface area contributed by atoms with Crippen LogP contribution in [0, 0.1) is 0 Å². The van der Waals surface area contributed by atoms with Gasteiger partial charge in [0.1, 0.15) is 5.76 Å². The molecule has 0 aliphatic rings. The van der Waals surface area contributed by atoms with Crippen molar-refractivity contribution < 1.29 is 4.74 Å². The molecule has 0 saturated heterocycles. The second kappa shape index (κ2) is 7.62. The van der Waals surface area contributed by atoms with Gasteiger partial charge in [-0.3, -0.25) is 0 Å². The van der Waals surface area contributed by atoms with Crippen LogP contribution in [0.1, 0.15) is 13.3 Å². The molecule has 0 unspecified atom stereocenters. The van der Waals surface area contributed by atoms with E-state index in [2.05, 4.69) is 24.9 Å². The van der Waals surface area contributed by atoms with E-state index < -0.39 is 0 Å². The van der Waals surface area contributed by atoms with Crippen molar-refractivity contribution in [3.8, 4) is 0 Å². The lowest BCUT2D eigenvalue weighted by atomic mass is 10.2. The fourth-order valence-corrected chi connectivity index (χ4v) is 0.933. The van der Waals surface area contributed by atoms with Crippen molar-refractivity contribution in [3.05, 3.63) is 36.1 Å². The summed E-state index contributed by atoms with van der Waals surface area (Å²) >= 11 is 0. The number of allylic oxidation sites excluding steroid dienone is 2. The highest BCUT2D eigenvalue weighted by molar-refractivity contribution is 5.24. The fraction of sp³-hybridized carbons (Fsp3) is 0.455. The third kappa shape index (κ3) is 6.17. The van der Waals surface area contributed by atoms with Gasteiger partial charge in [-0.2, -0.15) is 0 Å². The van der Waals surface area contributed by atoms with Crippen molar-refractivity contribution in [1.82, 2.24) is 5.32 Å². The molecule has 74 valence electrons. The zero-order chi connectivity index (χ0) is 10.1. The molecule has 0 spiro atoms. The smallest absolute Gasteiger partial charge is 0.111 e. The van der Waals surface area contributed by atoms with Crippen molar-refractivity contribution in [3.63, 3.8) is 0 Å². The van der Waals surface area contributed by atoms with Crippen LogP contribution in [0.15, 0.2) is 36.1 Å². The Kier molecular flexibility index (Phi) is 7.02. The Bertz CT molecular complexity index is 204. The molecule has 0 bridgehead atoms. The Labute approximate surface area is 81.0 Å². The highest BCUT2D eigenvalue weighted by atomic mass is 16.5. The van der Waals surface area contributed by atoms with Gasteiger partial charge in [0, 0.05) is 6.54 Å². The molecule has 0 heterocycles. The normalized spacial score (nSPS) is 12.1. The lowest BCUT2D eigenvalue weighted by molar-refractivity contribution is 0.309. The average Bonchev–Trinajstić information content (AvgIpc) is 2.14. The van der Waals surface area contributed by atoms with Gasteiger partial charge in [-0.15, -0.1) is 0 Å². The molecule has 0 aromatic carbocycles. The average molecular weight is 181 g/mol. The maximum atomic E-state index is 4.93. The summed E-state index contributed by atoms with van der Waals surface area (Å²) in [4.78, 5) is 0. The molecule has 2 nitrogen and oxygen atoms in total. The Morgan fingerprint density at radius 3 is 2.62 bits per heavy atom. The lowest BCUT2D eigenvalue weighted by Gasteiger charge is -2.01. The van der Waals surface area contributed by atoms with Gasteiger partial charge in [0.15, 0.2) is 0 Å². The van der Waals surface area contributed by atoms with Crippen molar-refractivity contribution in [1.29, 1.82) is 0 Å². The molecule has 13 heavy (non-hydrogen) atoms. The predicted molar refractivity (Wildman–Crippen MR) is 57.6 cm³/mol. The van der Waals surface area contributed by atoms with E-state index in [1.54, 1.807) is 7.11 Å². The zero-order valence-electron chi connectivity index (χ0n) is 8.76.